The zero-order valence-corrected chi connectivity index (χ0v) is 13.0. The number of Topliss-reactive ketones (excluding diaryl/α,β-unsaturated/α-hetero) is 1. The second-order valence-corrected chi connectivity index (χ2v) is 6.08. The molecular formula is C14H23N5O3. The molecule has 2 heterocycles. The molecule has 0 saturated carbocycles. The van der Waals surface area contributed by atoms with E-state index in [2.05, 4.69) is 15.2 Å². The molecule has 1 aliphatic rings. The van der Waals surface area contributed by atoms with Gasteiger partial charge in [-0.15, -0.1) is 5.10 Å². The summed E-state index contributed by atoms with van der Waals surface area (Å²) in [7, 11) is 0. The van der Waals surface area contributed by atoms with Crippen LogP contribution in [-0.4, -0.2) is 50.9 Å². The third kappa shape index (κ3) is 3.82. The van der Waals surface area contributed by atoms with Crippen molar-refractivity contribution in [2.75, 3.05) is 13.1 Å². The molecule has 0 radical (unpaired) electrons. The van der Waals surface area contributed by atoms with E-state index in [-0.39, 0.29) is 23.4 Å². The Morgan fingerprint density at radius 3 is 2.50 bits per heavy atom. The Morgan fingerprint density at radius 1 is 1.36 bits per heavy atom. The molecule has 0 bridgehead atoms. The fourth-order valence-electron chi connectivity index (χ4n) is 2.93. The van der Waals surface area contributed by atoms with Crippen LogP contribution in [0.3, 0.4) is 0 Å². The number of rotatable bonds is 5. The maximum Gasteiger partial charge on any atom is 0.341 e. The lowest BCUT2D eigenvalue weighted by Crippen LogP contribution is -2.46. The van der Waals surface area contributed by atoms with E-state index in [1.54, 1.807) is 11.8 Å². The molecule has 4 N–H and O–H groups in total. The van der Waals surface area contributed by atoms with Gasteiger partial charge in [-0.25, -0.2) is 9.89 Å². The number of nitrogens with one attached hydrogen (secondary N) is 2. The highest BCUT2D eigenvalue weighted by molar-refractivity contribution is 5.92. The molecule has 0 spiro atoms. The topological polar surface area (TPSA) is 125 Å². The van der Waals surface area contributed by atoms with Gasteiger partial charge in [0.05, 0.1) is 6.04 Å². The molecule has 0 aromatic carbocycles. The molecule has 122 valence electrons. The van der Waals surface area contributed by atoms with E-state index < -0.39 is 11.7 Å². The van der Waals surface area contributed by atoms with Gasteiger partial charge >= 0.3 is 5.69 Å². The van der Waals surface area contributed by atoms with Gasteiger partial charge in [0.2, 0.25) is 5.91 Å². The Morgan fingerprint density at radius 2 is 2.00 bits per heavy atom. The summed E-state index contributed by atoms with van der Waals surface area (Å²) < 4.78 is 0. The third-order valence-corrected chi connectivity index (χ3v) is 4.32. The number of ketones is 1. The minimum atomic E-state index is -0.473. The van der Waals surface area contributed by atoms with Crippen LogP contribution < -0.4 is 11.4 Å². The van der Waals surface area contributed by atoms with Gasteiger partial charge in [0, 0.05) is 19.5 Å². The van der Waals surface area contributed by atoms with Crippen molar-refractivity contribution in [1.29, 1.82) is 0 Å². The largest absolute Gasteiger partial charge is 0.341 e. The highest BCUT2D eigenvalue weighted by Crippen LogP contribution is 2.27. The number of hydrogen-bond donors (Lipinski definition) is 3. The molecule has 2 atom stereocenters. The van der Waals surface area contributed by atoms with E-state index in [0.29, 0.717) is 25.4 Å². The lowest BCUT2D eigenvalue weighted by Gasteiger charge is -2.35. The van der Waals surface area contributed by atoms with Crippen LogP contribution in [0.2, 0.25) is 0 Å². The summed E-state index contributed by atoms with van der Waals surface area (Å²) in [5, 5.41) is 5.85. The lowest BCUT2D eigenvalue weighted by atomic mass is 9.82. The third-order valence-electron chi connectivity index (χ3n) is 4.32. The molecule has 22 heavy (non-hydrogen) atoms. The SMILES string of the molecule is CC(CC(=O)c1n[nH]c(=O)[nH]1)C1CCN(C(=O)[C@H](C)N)CC1. The average molecular weight is 309 g/mol. The number of likely N-dealkylation sites (tertiary alicyclic amines) is 1. The summed E-state index contributed by atoms with van der Waals surface area (Å²) in [5.74, 6) is 0.463. The predicted molar refractivity (Wildman–Crippen MR) is 80.3 cm³/mol. The number of nitrogens with two attached hydrogens (primary N) is 1. The number of hydrogen-bond acceptors (Lipinski definition) is 5. The summed E-state index contributed by atoms with van der Waals surface area (Å²) in [6.07, 6.45) is 2.07. The van der Waals surface area contributed by atoms with Crippen molar-refractivity contribution in [1.82, 2.24) is 20.1 Å². The molecule has 0 aliphatic carbocycles. The Balaban J connectivity index is 1.85. The fourth-order valence-corrected chi connectivity index (χ4v) is 2.93. The summed E-state index contributed by atoms with van der Waals surface area (Å²) in [4.78, 5) is 39.0. The second kappa shape index (κ2) is 6.87. The maximum absolute atomic E-state index is 12.0. The molecule has 1 fully saturated rings. The van der Waals surface area contributed by atoms with Gasteiger partial charge < -0.3 is 10.6 Å². The van der Waals surface area contributed by atoms with Gasteiger partial charge in [-0.05, 0) is 31.6 Å². The number of carbonyl (C=O) groups excluding carboxylic acids is 2. The molecule has 8 nitrogen and oxygen atoms in total. The molecular weight excluding hydrogens is 286 g/mol. The van der Waals surface area contributed by atoms with Gasteiger partial charge in [0.1, 0.15) is 0 Å². The van der Waals surface area contributed by atoms with Gasteiger partial charge in [-0.2, -0.15) is 0 Å². The predicted octanol–water partition coefficient (Wildman–Crippen LogP) is -0.107. The van der Waals surface area contributed by atoms with Crippen LogP contribution in [-0.2, 0) is 4.79 Å². The highest BCUT2D eigenvalue weighted by atomic mass is 16.2. The first-order valence-electron chi connectivity index (χ1n) is 7.60. The number of aromatic nitrogens is 3. The number of aromatic amines is 2. The fraction of sp³-hybridized carbons (Fsp3) is 0.714. The zero-order valence-electron chi connectivity index (χ0n) is 13.0. The maximum atomic E-state index is 12.0. The second-order valence-electron chi connectivity index (χ2n) is 6.08. The quantitative estimate of drug-likeness (QED) is 0.655. The van der Waals surface area contributed by atoms with Crippen molar-refractivity contribution >= 4 is 11.7 Å². The molecule has 1 saturated heterocycles. The van der Waals surface area contributed by atoms with E-state index in [9.17, 15) is 14.4 Å². The molecule has 1 aromatic rings. The van der Waals surface area contributed by atoms with Crippen LogP contribution in [0.4, 0.5) is 0 Å². The molecule has 1 unspecified atom stereocenters. The van der Waals surface area contributed by atoms with Crippen LogP contribution in [0.25, 0.3) is 0 Å². The van der Waals surface area contributed by atoms with Gasteiger partial charge in [0.15, 0.2) is 11.6 Å². The molecule has 1 amide bonds. The van der Waals surface area contributed by atoms with Crippen molar-refractivity contribution < 1.29 is 9.59 Å². The van der Waals surface area contributed by atoms with E-state index in [1.807, 2.05) is 6.92 Å². The summed E-state index contributed by atoms with van der Waals surface area (Å²) in [6, 6.07) is -0.466. The Labute approximate surface area is 128 Å². The lowest BCUT2D eigenvalue weighted by molar-refractivity contribution is -0.133. The van der Waals surface area contributed by atoms with Crippen LogP contribution in [0.1, 0.15) is 43.7 Å². The Bertz CT molecular complexity index is 583. The van der Waals surface area contributed by atoms with Crippen LogP contribution in [0.5, 0.6) is 0 Å². The molecule has 2 rings (SSSR count). The Kier molecular flexibility index (Phi) is 5.12. The number of amides is 1. The van der Waals surface area contributed by atoms with Crippen LogP contribution in [0, 0.1) is 11.8 Å². The van der Waals surface area contributed by atoms with Crippen molar-refractivity contribution in [3.63, 3.8) is 0 Å². The number of carbonyl (C=O) groups is 2. The summed E-state index contributed by atoms with van der Waals surface area (Å²) in [5.41, 5.74) is 5.15. The van der Waals surface area contributed by atoms with E-state index in [1.165, 1.54) is 0 Å². The first-order chi connectivity index (χ1) is 10.4. The van der Waals surface area contributed by atoms with E-state index >= 15 is 0 Å². The van der Waals surface area contributed by atoms with Crippen molar-refractivity contribution in [2.24, 2.45) is 17.6 Å². The minimum absolute atomic E-state index is 0.0173. The van der Waals surface area contributed by atoms with E-state index in [4.69, 9.17) is 5.73 Å². The van der Waals surface area contributed by atoms with Crippen LogP contribution in [0.15, 0.2) is 4.79 Å². The van der Waals surface area contributed by atoms with Crippen molar-refractivity contribution in [3.8, 4) is 0 Å². The Hall–Kier alpha value is -1.96. The zero-order chi connectivity index (χ0) is 16.3. The molecule has 1 aromatic heterocycles. The molecule has 1 aliphatic heterocycles. The van der Waals surface area contributed by atoms with Crippen molar-refractivity contribution in [3.05, 3.63) is 16.3 Å². The smallest absolute Gasteiger partial charge is 0.341 e. The average Bonchev–Trinajstić information content (AvgIpc) is 2.93. The normalized spacial score (nSPS) is 19.0. The van der Waals surface area contributed by atoms with E-state index in [0.717, 1.165) is 12.8 Å². The summed E-state index contributed by atoms with van der Waals surface area (Å²) in [6.45, 7) is 5.09. The number of nitrogens with zero attached hydrogens (tertiary/aromatic N) is 2. The number of H-pyrrole nitrogens is 2. The monoisotopic (exact) mass is 309 g/mol. The number of piperidine rings is 1. The summed E-state index contributed by atoms with van der Waals surface area (Å²) >= 11 is 0. The van der Waals surface area contributed by atoms with Crippen LogP contribution >= 0.6 is 0 Å². The first kappa shape index (κ1) is 16.4. The standard InChI is InChI=1S/C14H23N5O3/c1-8(7-11(20)12-16-14(22)18-17-12)10-3-5-19(6-4-10)13(21)9(2)15/h8-10H,3-7,15H2,1-2H3,(H2,16,17,18,22)/t8?,9-/m0/s1. The van der Waals surface area contributed by atoms with Gasteiger partial charge in [-0.1, -0.05) is 6.92 Å². The first-order valence-corrected chi connectivity index (χ1v) is 7.60. The molecule has 8 heteroatoms. The van der Waals surface area contributed by atoms with Crippen molar-refractivity contribution in [2.45, 2.75) is 39.2 Å². The highest BCUT2D eigenvalue weighted by Gasteiger charge is 2.29. The van der Waals surface area contributed by atoms with Gasteiger partial charge in [0.25, 0.3) is 0 Å². The van der Waals surface area contributed by atoms with Gasteiger partial charge in [-0.3, -0.25) is 14.6 Å². The minimum Gasteiger partial charge on any atom is -0.341 e.